The molecule has 0 aliphatic heterocycles. The Balaban J connectivity index is 3.19. The summed E-state index contributed by atoms with van der Waals surface area (Å²) in [5, 5.41) is 0. The van der Waals surface area contributed by atoms with Gasteiger partial charge < -0.3 is 4.74 Å². The fraction of sp³-hybridized carbons (Fsp3) is 0.333. The molecule has 0 fully saturated rings. The summed E-state index contributed by atoms with van der Waals surface area (Å²) in [5.41, 5.74) is 0.168. The van der Waals surface area contributed by atoms with Gasteiger partial charge in [0.2, 0.25) is 0 Å². The van der Waals surface area contributed by atoms with Crippen molar-refractivity contribution in [3.8, 4) is 5.75 Å². The van der Waals surface area contributed by atoms with E-state index in [0.717, 1.165) is 18.2 Å². The van der Waals surface area contributed by atoms with Crippen molar-refractivity contribution >= 4 is 19.7 Å². The molecule has 0 radical (unpaired) electrons. The topological polar surface area (TPSA) is 43.4 Å². The Morgan fingerprint density at radius 1 is 1.35 bits per heavy atom. The Kier molecular flexibility index (Phi) is 3.93. The monoisotopic (exact) mass is 288 g/mol. The molecule has 0 unspecified atom stereocenters. The highest BCUT2D eigenvalue weighted by Gasteiger charge is 2.31. The van der Waals surface area contributed by atoms with E-state index >= 15 is 0 Å². The van der Waals surface area contributed by atoms with Crippen LogP contribution >= 0.6 is 10.7 Å². The third-order valence-electron chi connectivity index (χ3n) is 1.91. The number of hydrogen-bond donors (Lipinski definition) is 0. The van der Waals surface area contributed by atoms with Crippen LogP contribution in [-0.4, -0.2) is 14.8 Å². The maximum atomic E-state index is 11.9. The van der Waals surface area contributed by atoms with Gasteiger partial charge >= 0.3 is 6.36 Å². The Morgan fingerprint density at radius 3 is 2.35 bits per heavy atom. The zero-order valence-corrected chi connectivity index (χ0v) is 10.2. The van der Waals surface area contributed by atoms with Gasteiger partial charge in [-0.15, -0.1) is 13.2 Å². The second-order valence-corrected chi connectivity index (χ2v) is 5.64. The van der Waals surface area contributed by atoms with Crippen LogP contribution in [0.1, 0.15) is 12.5 Å². The minimum absolute atomic E-state index is 0.168. The number of benzene rings is 1. The van der Waals surface area contributed by atoms with Crippen LogP contribution < -0.4 is 4.74 Å². The normalized spacial score (nSPS) is 12.5. The molecule has 1 rings (SSSR count). The Hall–Kier alpha value is -0.950. The smallest absolute Gasteiger partial charge is 0.406 e. The SMILES string of the molecule is CCc1cc(OC(F)(F)F)ccc1S(=O)(=O)Cl. The molecule has 0 saturated heterocycles. The van der Waals surface area contributed by atoms with E-state index in [9.17, 15) is 21.6 Å². The summed E-state index contributed by atoms with van der Waals surface area (Å²) in [6.45, 7) is 1.60. The lowest BCUT2D eigenvalue weighted by atomic mass is 10.1. The molecule has 3 nitrogen and oxygen atoms in total. The van der Waals surface area contributed by atoms with Crippen molar-refractivity contribution in [2.45, 2.75) is 24.6 Å². The number of rotatable bonds is 3. The zero-order valence-electron chi connectivity index (χ0n) is 8.58. The molecular formula is C9H8ClF3O3S. The molecule has 0 aliphatic carbocycles. The van der Waals surface area contributed by atoms with Crippen molar-refractivity contribution < 1.29 is 26.3 Å². The average Bonchev–Trinajstić information content (AvgIpc) is 2.13. The van der Waals surface area contributed by atoms with Crippen LogP contribution in [-0.2, 0) is 15.5 Å². The molecule has 0 aromatic heterocycles. The molecule has 17 heavy (non-hydrogen) atoms. The first-order chi connectivity index (χ1) is 7.63. The lowest BCUT2D eigenvalue weighted by Gasteiger charge is -2.11. The first-order valence-corrected chi connectivity index (χ1v) is 6.77. The number of halogens is 4. The van der Waals surface area contributed by atoms with Gasteiger partial charge in [-0.3, -0.25) is 0 Å². The van der Waals surface area contributed by atoms with Crippen molar-refractivity contribution in [2.75, 3.05) is 0 Å². The summed E-state index contributed by atoms with van der Waals surface area (Å²) in [6, 6.07) is 2.90. The Bertz CT molecular complexity index is 511. The lowest BCUT2D eigenvalue weighted by Crippen LogP contribution is -2.17. The molecule has 1 aromatic carbocycles. The maximum absolute atomic E-state index is 11.9. The van der Waals surface area contributed by atoms with Crippen LogP contribution in [0.25, 0.3) is 0 Å². The van der Waals surface area contributed by atoms with E-state index < -0.39 is 21.2 Å². The van der Waals surface area contributed by atoms with Crippen LogP contribution in [0.4, 0.5) is 13.2 Å². The van der Waals surface area contributed by atoms with E-state index in [1.54, 1.807) is 6.92 Å². The van der Waals surface area contributed by atoms with Gasteiger partial charge in [0.25, 0.3) is 9.05 Å². The third-order valence-corrected chi connectivity index (χ3v) is 3.33. The molecule has 0 heterocycles. The van der Waals surface area contributed by atoms with E-state index in [2.05, 4.69) is 4.74 Å². The summed E-state index contributed by atoms with van der Waals surface area (Å²) >= 11 is 0. The second-order valence-electron chi connectivity index (χ2n) is 3.11. The van der Waals surface area contributed by atoms with Crippen LogP contribution in [0.15, 0.2) is 23.1 Å². The van der Waals surface area contributed by atoms with E-state index in [-0.39, 0.29) is 16.9 Å². The van der Waals surface area contributed by atoms with Gasteiger partial charge in [0.15, 0.2) is 0 Å². The minimum atomic E-state index is -4.81. The van der Waals surface area contributed by atoms with Gasteiger partial charge in [0.05, 0.1) is 4.90 Å². The zero-order chi connectivity index (χ0) is 13.3. The predicted octanol–water partition coefficient (Wildman–Crippen LogP) is 3.08. The standard InChI is InChI=1S/C9H8ClF3O3S/c1-2-6-5-7(16-9(11,12)13)3-4-8(6)17(10,14)15/h3-5H,2H2,1H3. The van der Waals surface area contributed by atoms with Gasteiger partial charge in [-0.05, 0) is 30.2 Å². The molecule has 0 saturated carbocycles. The first kappa shape index (κ1) is 14.1. The molecule has 96 valence electrons. The predicted molar refractivity (Wildman–Crippen MR) is 55.5 cm³/mol. The molecule has 0 amide bonds. The molecule has 1 aromatic rings. The molecule has 0 spiro atoms. The van der Waals surface area contributed by atoms with E-state index in [4.69, 9.17) is 10.7 Å². The Labute approximate surface area is 101 Å². The minimum Gasteiger partial charge on any atom is -0.406 e. The van der Waals surface area contributed by atoms with Crippen LogP contribution in [0.2, 0.25) is 0 Å². The summed E-state index contributed by atoms with van der Waals surface area (Å²) < 4.78 is 61.7. The summed E-state index contributed by atoms with van der Waals surface area (Å²) in [6.07, 6.45) is -4.59. The third kappa shape index (κ3) is 4.08. The van der Waals surface area contributed by atoms with Gasteiger partial charge in [-0.2, -0.15) is 0 Å². The fourth-order valence-corrected chi connectivity index (χ4v) is 2.47. The Morgan fingerprint density at radius 2 is 1.94 bits per heavy atom. The van der Waals surface area contributed by atoms with Gasteiger partial charge in [0.1, 0.15) is 5.75 Å². The lowest BCUT2D eigenvalue weighted by molar-refractivity contribution is -0.274. The average molecular weight is 289 g/mol. The van der Waals surface area contributed by atoms with Crippen molar-refractivity contribution in [1.82, 2.24) is 0 Å². The molecular weight excluding hydrogens is 281 g/mol. The van der Waals surface area contributed by atoms with Crippen LogP contribution in [0.5, 0.6) is 5.75 Å². The van der Waals surface area contributed by atoms with E-state index in [0.29, 0.717) is 0 Å². The van der Waals surface area contributed by atoms with E-state index in [1.807, 2.05) is 0 Å². The van der Waals surface area contributed by atoms with Crippen molar-refractivity contribution in [3.63, 3.8) is 0 Å². The van der Waals surface area contributed by atoms with Crippen molar-refractivity contribution in [2.24, 2.45) is 0 Å². The van der Waals surface area contributed by atoms with E-state index in [1.165, 1.54) is 0 Å². The van der Waals surface area contributed by atoms with Gasteiger partial charge in [-0.25, -0.2) is 8.42 Å². The highest BCUT2D eigenvalue weighted by atomic mass is 35.7. The molecule has 0 atom stereocenters. The summed E-state index contributed by atoms with van der Waals surface area (Å²) in [5.74, 6) is -0.474. The van der Waals surface area contributed by atoms with Gasteiger partial charge in [0, 0.05) is 10.7 Å². The van der Waals surface area contributed by atoms with Gasteiger partial charge in [-0.1, -0.05) is 6.92 Å². The highest BCUT2D eigenvalue weighted by Crippen LogP contribution is 2.28. The summed E-state index contributed by atoms with van der Waals surface area (Å²) in [4.78, 5) is -0.212. The summed E-state index contributed by atoms with van der Waals surface area (Å²) in [7, 11) is 1.17. The fourth-order valence-electron chi connectivity index (χ4n) is 1.27. The highest BCUT2D eigenvalue weighted by molar-refractivity contribution is 8.13. The number of aryl methyl sites for hydroxylation is 1. The largest absolute Gasteiger partial charge is 0.573 e. The van der Waals surface area contributed by atoms with Crippen LogP contribution in [0.3, 0.4) is 0 Å². The maximum Gasteiger partial charge on any atom is 0.573 e. The molecule has 8 heteroatoms. The number of alkyl halides is 3. The van der Waals surface area contributed by atoms with Crippen molar-refractivity contribution in [1.29, 1.82) is 0 Å². The van der Waals surface area contributed by atoms with Crippen molar-refractivity contribution in [3.05, 3.63) is 23.8 Å². The first-order valence-electron chi connectivity index (χ1n) is 4.47. The second kappa shape index (κ2) is 4.73. The molecule has 0 aliphatic rings. The number of ether oxygens (including phenoxy) is 1. The number of hydrogen-bond acceptors (Lipinski definition) is 3. The molecule has 0 bridgehead atoms. The quantitative estimate of drug-likeness (QED) is 0.803. The molecule has 0 N–H and O–H groups in total. The van der Waals surface area contributed by atoms with Crippen LogP contribution in [0, 0.1) is 0 Å².